The van der Waals surface area contributed by atoms with Crippen molar-refractivity contribution >= 4 is 22.5 Å². The van der Waals surface area contributed by atoms with E-state index in [0.29, 0.717) is 5.75 Å². The van der Waals surface area contributed by atoms with E-state index in [1.165, 1.54) is 16.3 Å². The molecule has 2 N–H and O–H groups in total. The van der Waals surface area contributed by atoms with Crippen LogP contribution >= 0.6 is 11.8 Å². The number of benzene rings is 2. The predicted molar refractivity (Wildman–Crippen MR) is 73.2 cm³/mol. The second-order valence-electron chi connectivity index (χ2n) is 3.99. The van der Waals surface area contributed by atoms with Crippen LogP contribution in [-0.2, 0) is 5.75 Å². The van der Waals surface area contributed by atoms with Gasteiger partial charge in [0, 0.05) is 11.5 Å². The summed E-state index contributed by atoms with van der Waals surface area (Å²) in [6.07, 6.45) is -0.616. The smallest absolute Gasteiger partial charge is 0.0861 e. The zero-order valence-corrected chi connectivity index (χ0v) is 10.4. The number of hydrogen-bond donors (Lipinski definition) is 2. The standard InChI is InChI=1S/C14H16O2S/c15-8-13(16)10-17-9-12-6-3-5-11-4-1-2-7-14(11)12/h1-7,13,15-16H,8-10H2. The van der Waals surface area contributed by atoms with Gasteiger partial charge in [0.1, 0.15) is 0 Å². The Morgan fingerprint density at radius 1 is 1.06 bits per heavy atom. The van der Waals surface area contributed by atoms with Crippen molar-refractivity contribution in [3.05, 3.63) is 48.0 Å². The molecule has 1 atom stereocenters. The van der Waals surface area contributed by atoms with Crippen LogP contribution in [0.1, 0.15) is 5.56 Å². The summed E-state index contributed by atoms with van der Waals surface area (Å²) in [7, 11) is 0. The monoisotopic (exact) mass is 248 g/mol. The van der Waals surface area contributed by atoms with E-state index in [1.54, 1.807) is 11.8 Å². The lowest BCUT2D eigenvalue weighted by atomic mass is 10.1. The van der Waals surface area contributed by atoms with Gasteiger partial charge in [-0.3, -0.25) is 0 Å². The zero-order valence-electron chi connectivity index (χ0n) is 9.54. The second kappa shape index (κ2) is 6.05. The van der Waals surface area contributed by atoms with Gasteiger partial charge in [-0.25, -0.2) is 0 Å². The largest absolute Gasteiger partial charge is 0.394 e. The fraction of sp³-hybridized carbons (Fsp3) is 0.286. The van der Waals surface area contributed by atoms with E-state index in [4.69, 9.17) is 5.11 Å². The molecule has 0 radical (unpaired) electrons. The van der Waals surface area contributed by atoms with Gasteiger partial charge in [-0.2, -0.15) is 11.8 Å². The molecule has 2 aromatic carbocycles. The van der Waals surface area contributed by atoms with Crippen molar-refractivity contribution in [2.75, 3.05) is 12.4 Å². The molecule has 0 spiro atoms. The summed E-state index contributed by atoms with van der Waals surface area (Å²) in [5.74, 6) is 1.43. The quantitative estimate of drug-likeness (QED) is 0.853. The van der Waals surface area contributed by atoms with Gasteiger partial charge in [-0.05, 0) is 16.3 Å². The summed E-state index contributed by atoms with van der Waals surface area (Å²) < 4.78 is 0. The topological polar surface area (TPSA) is 40.5 Å². The molecule has 2 nitrogen and oxygen atoms in total. The lowest BCUT2D eigenvalue weighted by Gasteiger charge is -2.08. The molecule has 0 amide bonds. The Labute approximate surface area is 105 Å². The molecular weight excluding hydrogens is 232 g/mol. The van der Waals surface area contributed by atoms with Crippen molar-refractivity contribution in [2.45, 2.75) is 11.9 Å². The number of fused-ring (bicyclic) bond motifs is 1. The maximum atomic E-state index is 9.28. The highest BCUT2D eigenvalue weighted by Gasteiger charge is 2.04. The highest BCUT2D eigenvalue weighted by molar-refractivity contribution is 7.98. The maximum Gasteiger partial charge on any atom is 0.0861 e. The van der Waals surface area contributed by atoms with E-state index in [2.05, 4.69) is 30.3 Å². The number of aliphatic hydroxyl groups excluding tert-OH is 2. The zero-order chi connectivity index (χ0) is 12.1. The van der Waals surface area contributed by atoms with Gasteiger partial charge in [0.15, 0.2) is 0 Å². The lowest BCUT2D eigenvalue weighted by Crippen LogP contribution is -2.14. The van der Waals surface area contributed by atoms with E-state index >= 15 is 0 Å². The van der Waals surface area contributed by atoms with Gasteiger partial charge in [0.05, 0.1) is 12.7 Å². The molecule has 0 aromatic heterocycles. The Morgan fingerprint density at radius 3 is 2.65 bits per heavy atom. The van der Waals surface area contributed by atoms with Crippen molar-refractivity contribution in [3.63, 3.8) is 0 Å². The van der Waals surface area contributed by atoms with Gasteiger partial charge < -0.3 is 10.2 Å². The van der Waals surface area contributed by atoms with Crippen LogP contribution in [0.4, 0.5) is 0 Å². The average Bonchev–Trinajstić information content (AvgIpc) is 2.39. The minimum atomic E-state index is -0.616. The van der Waals surface area contributed by atoms with Gasteiger partial charge in [-0.1, -0.05) is 42.5 Å². The SMILES string of the molecule is OCC(O)CSCc1cccc2ccccc12. The van der Waals surface area contributed by atoms with Crippen LogP contribution in [0.25, 0.3) is 10.8 Å². The van der Waals surface area contributed by atoms with Crippen LogP contribution in [0.5, 0.6) is 0 Å². The summed E-state index contributed by atoms with van der Waals surface area (Å²) in [5.41, 5.74) is 1.28. The maximum absolute atomic E-state index is 9.28. The molecule has 2 rings (SSSR count). The summed E-state index contributed by atoms with van der Waals surface area (Å²) in [4.78, 5) is 0. The molecule has 0 heterocycles. The first-order chi connectivity index (χ1) is 8.31. The fourth-order valence-corrected chi connectivity index (χ4v) is 2.74. The van der Waals surface area contributed by atoms with E-state index < -0.39 is 6.10 Å². The van der Waals surface area contributed by atoms with Crippen LogP contribution in [-0.4, -0.2) is 28.7 Å². The number of hydrogen-bond acceptors (Lipinski definition) is 3. The van der Waals surface area contributed by atoms with Crippen LogP contribution in [0.15, 0.2) is 42.5 Å². The number of aliphatic hydroxyl groups is 2. The van der Waals surface area contributed by atoms with Crippen molar-refractivity contribution in [3.8, 4) is 0 Å². The molecule has 1 unspecified atom stereocenters. The van der Waals surface area contributed by atoms with Crippen molar-refractivity contribution in [2.24, 2.45) is 0 Å². The molecule has 0 fully saturated rings. The Balaban J connectivity index is 2.08. The summed E-state index contributed by atoms with van der Waals surface area (Å²) in [6.45, 7) is -0.164. The highest BCUT2D eigenvalue weighted by Crippen LogP contribution is 2.22. The molecular formula is C14H16O2S. The van der Waals surface area contributed by atoms with Crippen molar-refractivity contribution < 1.29 is 10.2 Å². The Bertz CT molecular complexity index is 479. The first-order valence-corrected chi connectivity index (χ1v) is 6.80. The first-order valence-electron chi connectivity index (χ1n) is 5.64. The molecule has 0 aliphatic rings. The van der Waals surface area contributed by atoms with E-state index in [0.717, 1.165) is 5.75 Å². The van der Waals surface area contributed by atoms with Gasteiger partial charge in [0.2, 0.25) is 0 Å². The normalized spacial score (nSPS) is 12.8. The van der Waals surface area contributed by atoms with Crippen molar-refractivity contribution in [1.29, 1.82) is 0 Å². The predicted octanol–water partition coefficient (Wildman–Crippen LogP) is 2.43. The van der Waals surface area contributed by atoms with E-state index in [-0.39, 0.29) is 6.61 Å². The third-order valence-electron chi connectivity index (χ3n) is 2.66. The Kier molecular flexibility index (Phi) is 4.42. The molecule has 0 saturated heterocycles. The van der Waals surface area contributed by atoms with Crippen LogP contribution in [0.2, 0.25) is 0 Å². The van der Waals surface area contributed by atoms with Gasteiger partial charge in [0.25, 0.3) is 0 Å². The molecule has 0 aliphatic carbocycles. The van der Waals surface area contributed by atoms with Gasteiger partial charge >= 0.3 is 0 Å². The Morgan fingerprint density at radius 2 is 1.82 bits per heavy atom. The van der Waals surface area contributed by atoms with E-state index in [1.807, 2.05) is 12.1 Å². The summed E-state index contributed by atoms with van der Waals surface area (Å²) in [5, 5.41) is 20.5. The number of thioether (sulfide) groups is 1. The van der Waals surface area contributed by atoms with Crippen LogP contribution < -0.4 is 0 Å². The van der Waals surface area contributed by atoms with Gasteiger partial charge in [-0.15, -0.1) is 0 Å². The molecule has 0 saturated carbocycles. The minimum absolute atomic E-state index is 0.164. The minimum Gasteiger partial charge on any atom is -0.394 e. The summed E-state index contributed by atoms with van der Waals surface area (Å²) in [6, 6.07) is 14.6. The lowest BCUT2D eigenvalue weighted by molar-refractivity contribution is 0.113. The van der Waals surface area contributed by atoms with E-state index in [9.17, 15) is 5.11 Å². The fourth-order valence-electron chi connectivity index (χ4n) is 1.78. The van der Waals surface area contributed by atoms with Crippen LogP contribution in [0.3, 0.4) is 0 Å². The average molecular weight is 248 g/mol. The van der Waals surface area contributed by atoms with Crippen molar-refractivity contribution in [1.82, 2.24) is 0 Å². The highest BCUT2D eigenvalue weighted by atomic mass is 32.2. The molecule has 3 heteroatoms. The third-order valence-corrected chi connectivity index (χ3v) is 3.79. The first kappa shape index (κ1) is 12.4. The summed E-state index contributed by atoms with van der Waals surface area (Å²) >= 11 is 1.64. The molecule has 0 aliphatic heterocycles. The second-order valence-corrected chi connectivity index (χ2v) is 5.02. The third kappa shape index (κ3) is 3.22. The van der Waals surface area contributed by atoms with Crippen LogP contribution in [0, 0.1) is 0 Å². The molecule has 17 heavy (non-hydrogen) atoms. The number of rotatable bonds is 5. The molecule has 2 aromatic rings. The molecule has 0 bridgehead atoms. The molecule has 90 valence electrons. The Hall–Kier alpha value is -1.03.